The van der Waals surface area contributed by atoms with Crippen LogP contribution in [0.15, 0.2) is 15.4 Å². The summed E-state index contributed by atoms with van der Waals surface area (Å²) in [6.07, 6.45) is 1.06. The van der Waals surface area contributed by atoms with Crippen LogP contribution in [0.5, 0.6) is 0 Å². The van der Waals surface area contributed by atoms with Gasteiger partial charge in [-0.3, -0.25) is 4.79 Å². The van der Waals surface area contributed by atoms with Gasteiger partial charge in [-0.2, -0.15) is 0 Å². The summed E-state index contributed by atoms with van der Waals surface area (Å²) in [4.78, 5) is 9.83. The third-order valence-corrected chi connectivity index (χ3v) is 0.363. The molecule has 0 fully saturated rings. The summed E-state index contributed by atoms with van der Waals surface area (Å²) in [5.74, 6) is -0.380. The van der Waals surface area contributed by atoms with Crippen LogP contribution in [0.4, 0.5) is 0 Å². The zero-order chi connectivity index (χ0) is 4.41. The minimum atomic E-state index is -0.380. The second-order valence-electron chi connectivity index (χ2n) is 0.772. The van der Waals surface area contributed by atoms with Crippen molar-refractivity contribution >= 4 is 41.7 Å². The van der Waals surface area contributed by atoms with Crippen LogP contribution in [0.1, 0.15) is 0 Å². The van der Waals surface area contributed by atoms with Crippen LogP contribution in [0, 0.1) is 0 Å². The molecule has 0 saturated heterocycles. The summed E-state index contributed by atoms with van der Waals surface area (Å²) in [6, 6.07) is 0. The number of carbonyl (C=O) groups is 1. The second-order valence-corrected chi connectivity index (χ2v) is 0.772. The third-order valence-electron chi connectivity index (χ3n) is 0.363. The molecule has 0 aromatic heterocycles. The SMILES string of the molecule is O=C1C=NN=N1.[Na]. The first kappa shape index (κ1) is 6.94. The van der Waals surface area contributed by atoms with E-state index in [0.29, 0.717) is 0 Å². The van der Waals surface area contributed by atoms with Gasteiger partial charge in [-0.05, 0) is 5.22 Å². The van der Waals surface area contributed by atoms with Gasteiger partial charge in [0, 0.05) is 29.6 Å². The molecule has 0 atom stereocenters. The maximum atomic E-state index is 9.83. The van der Waals surface area contributed by atoms with Crippen LogP contribution in [0.25, 0.3) is 0 Å². The fourth-order valence-corrected chi connectivity index (χ4v) is 0.171. The molecule has 1 heterocycles. The standard InChI is InChI=1S/C2HN3O.Na/c6-2-1-3-5-4-2;/h1H;. The molecule has 4 nitrogen and oxygen atoms in total. The molecule has 0 spiro atoms. The van der Waals surface area contributed by atoms with Crippen LogP contribution >= 0.6 is 0 Å². The second kappa shape index (κ2) is 3.01. The van der Waals surface area contributed by atoms with Crippen molar-refractivity contribution in [1.82, 2.24) is 0 Å². The topological polar surface area (TPSA) is 54.1 Å². The average Bonchev–Trinajstić information content (AvgIpc) is 1.86. The van der Waals surface area contributed by atoms with Gasteiger partial charge in [0.05, 0.1) is 0 Å². The van der Waals surface area contributed by atoms with Gasteiger partial charge >= 0.3 is 5.91 Å². The van der Waals surface area contributed by atoms with Crippen molar-refractivity contribution in [2.24, 2.45) is 15.4 Å². The predicted molar refractivity (Wildman–Crippen MR) is 24.1 cm³/mol. The number of carbonyl (C=O) groups excluding carboxylic acids is 1. The van der Waals surface area contributed by atoms with E-state index in [1.807, 2.05) is 0 Å². The molecule has 0 aromatic rings. The summed E-state index contributed by atoms with van der Waals surface area (Å²) in [5, 5.41) is 9.16. The summed E-state index contributed by atoms with van der Waals surface area (Å²) in [7, 11) is 0. The Hall–Kier alpha value is -0.0600. The van der Waals surface area contributed by atoms with Gasteiger partial charge in [0.2, 0.25) is 0 Å². The molecule has 1 aliphatic rings. The number of nitrogens with zero attached hydrogens (tertiary/aromatic N) is 3. The van der Waals surface area contributed by atoms with Crippen molar-refractivity contribution in [1.29, 1.82) is 0 Å². The largest absolute Gasteiger partial charge is 0.310 e. The van der Waals surface area contributed by atoms with E-state index in [1.165, 1.54) is 0 Å². The summed E-state index contributed by atoms with van der Waals surface area (Å²) in [5.41, 5.74) is 0. The molecule has 1 amide bonds. The van der Waals surface area contributed by atoms with E-state index in [2.05, 4.69) is 15.4 Å². The first-order chi connectivity index (χ1) is 2.89. The quantitative estimate of drug-likeness (QED) is 0.387. The Morgan fingerprint density at radius 1 is 1.57 bits per heavy atom. The number of hydrogen-bond donors (Lipinski definition) is 0. The molecule has 1 radical (unpaired) electrons. The Morgan fingerprint density at radius 3 is 2.43 bits per heavy atom. The maximum Gasteiger partial charge on any atom is 0.310 e. The number of rotatable bonds is 0. The smallest absolute Gasteiger partial charge is 0.264 e. The van der Waals surface area contributed by atoms with E-state index in [0.717, 1.165) is 6.21 Å². The molecule has 0 unspecified atom stereocenters. The monoisotopic (exact) mass is 106 g/mol. The van der Waals surface area contributed by atoms with E-state index < -0.39 is 0 Å². The molecule has 0 aromatic carbocycles. The van der Waals surface area contributed by atoms with E-state index in [9.17, 15) is 4.79 Å². The molecule has 0 aliphatic carbocycles. The van der Waals surface area contributed by atoms with Crippen molar-refractivity contribution in [2.75, 3.05) is 0 Å². The number of hydrogen-bond acceptors (Lipinski definition) is 3. The van der Waals surface area contributed by atoms with Gasteiger partial charge in [-0.25, -0.2) is 0 Å². The zero-order valence-corrected chi connectivity index (χ0v) is 5.83. The average molecular weight is 106 g/mol. The maximum absolute atomic E-state index is 9.83. The molecular weight excluding hydrogens is 105 g/mol. The summed E-state index contributed by atoms with van der Waals surface area (Å²) < 4.78 is 0. The van der Waals surface area contributed by atoms with Crippen LogP contribution in [-0.2, 0) is 4.79 Å². The van der Waals surface area contributed by atoms with Crippen LogP contribution in [-0.4, -0.2) is 41.7 Å². The van der Waals surface area contributed by atoms with Gasteiger partial charge < -0.3 is 0 Å². The Bertz CT molecular complexity index is 115. The van der Waals surface area contributed by atoms with Gasteiger partial charge in [0.25, 0.3) is 0 Å². The minimum Gasteiger partial charge on any atom is -0.264 e. The van der Waals surface area contributed by atoms with Crippen LogP contribution in [0.3, 0.4) is 0 Å². The third kappa shape index (κ3) is 1.91. The fourth-order valence-electron chi connectivity index (χ4n) is 0.171. The van der Waals surface area contributed by atoms with Gasteiger partial charge in [0.15, 0.2) is 0 Å². The Kier molecular flexibility index (Phi) is 2.98. The Labute approximate surface area is 62.0 Å². The first-order valence-corrected chi connectivity index (χ1v) is 1.37. The normalized spacial score (nSPS) is 14.6. The molecule has 7 heavy (non-hydrogen) atoms. The van der Waals surface area contributed by atoms with E-state index >= 15 is 0 Å². The molecule has 0 saturated carbocycles. The van der Waals surface area contributed by atoms with Crippen molar-refractivity contribution < 1.29 is 4.79 Å². The molecule has 0 N–H and O–H groups in total. The van der Waals surface area contributed by atoms with Crippen molar-refractivity contribution in [2.45, 2.75) is 0 Å². The molecular formula is C2HN3NaO. The fraction of sp³-hybridized carbons (Fsp3) is 0. The summed E-state index contributed by atoms with van der Waals surface area (Å²) >= 11 is 0. The van der Waals surface area contributed by atoms with Crippen LogP contribution in [0.2, 0.25) is 0 Å². The Morgan fingerprint density at radius 2 is 2.29 bits per heavy atom. The van der Waals surface area contributed by atoms with Crippen molar-refractivity contribution in [3.05, 3.63) is 0 Å². The van der Waals surface area contributed by atoms with Gasteiger partial charge in [-0.15, -0.1) is 5.10 Å². The predicted octanol–water partition coefficient (Wildman–Crippen LogP) is -0.416. The minimum absolute atomic E-state index is 0. The number of amides is 1. The van der Waals surface area contributed by atoms with E-state index in [-0.39, 0.29) is 35.5 Å². The molecule has 0 bridgehead atoms. The zero-order valence-electron chi connectivity index (χ0n) is 3.83. The molecule has 31 valence electrons. The summed E-state index contributed by atoms with van der Waals surface area (Å²) in [6.45, 7) is 0. The Balaban J connectivity index is 0.000000360. The van der Waals surface area contributed by atoms with Crippen molar-refractivity contribution in [3.8, 4) is 0 Å². The molecule has 1 rings (SSSR count). The van der Waals surface area contributed by atoms with E-state index in [4.69, 9.17) is 0 Å². The van der Waals surface area contributed by atoms with E-state index in [1.54, 1.807) is 0 Å². The van der Waals surface area contributed by atoms with Crippen LogP contribution < -0.4 is 0 Å². The van der Waals surface area contributed by atoms with Crippen molar-refractivity contribution in [3.63, 3.8) is 0 Å². The van der Waals surface area contributed by atoms with Gasteiger partial charge in [0.1, 0.15) is 6.21 Å². The first-order valence-electron chi connectivity index (χ1n) is 1.37. The molecule has 5 heteroatoms. The van der Waals surface area contributed by atoms with Gasteiger partial charge in [-0.1, -0.05) is 5.11 Å². The molecule has 1 aliphatic heterocycles.